The van der Waals surface area contributed by atoms with E-state index in [2.05, 4.69) is 40.6 Å². The van der Waals surface area contributed by atoms with E-state index in [4.69, 9.17) is 5.26 Å². The fourth-order valence-electron chi connectivity index (χ4n) is 10.0. The van der Waals surface area contributed by atoms with Gasteiger partial charge in [-0.1, -0.05) is 5.21 Å². The molecule has 1 atom stereocenters. The number of likely N-dealkylation sites (tertiary alicyclic amines) is 1. The summed E-state index contributed by atoms with van der Waals surface area (Å²) in [5, 5.41) is 22.9. The van der Waals surface area contributed by atoms with Crippen molar-refractivity contribution in [2.45, 2.75) is 63.6 Å². The van der Waals surface area contributed by atoms with Crippen molar-refractivity contribution in [3.63, 3.8) is 0 Å². The van der Waals surface area contributed by atoms with Gasteiger partial charge < -0.3 is 24.9 Å². The topological polar surface area (TPSA) is 173 Å². The Hall–Kier alpha value is -6.09. The van der Waals surface area contributed by atoms with Gasteiger partial charge in [-0.25, -0.2) is 4.98 Å². The number of nitrogens with zero attached hydrogens (tertiary/aromatic N) is 9. The third-order valence-corrected chi connectivity index (χ3v) is 13.6. The number of carbonyl (C=O) groups is 3. The Bertz CT molecular complexity index is 2460. The molecule has 2 aromatic carbocycles. The van der Waals surface area contributed by atoms with Crippen LogP contribution in [-0.4, -0.2) is 102 Å². The lowest BCUT2D eigenvalue weighted by Crippen LogP contribution is -2.61. The van der Waals surface area contributed by atoms with Gasteiger partial charge in [0.15, 0.2) is 0 Å². The lowest BCUT2D eigenvalue weighted by molar-refractivity contribution is -0.138. The van der Waals surface area contributed by atoms with Crippen LogP contribution in [0, 0.1) is 28.6 Å². The molecule has 9 rings (SSSR count). The van der Waals surface area contributed by atoms with Gasteiger partial charge >= 0.3 is 6.18 Å². The summed E-state index contributed by atoms with van der Waals surface area (Å²) in [5.74, 6) is -0.228. The first kappa shape index (κ1) is 41.3. The first-order chi connectivity index (χ1) is 29.8. The van der Waals surface area contributed by atoms with E-state index < -0.39 is 29.3 Å². The number of carbonyl (C=O) groups excluding carboxylic acids is 3. The number of amides is 3. The lowest BCUT2D eigenvalue weighted by Gasteiger charge is -2.55. The predicted molar refractivity (Wildman–Crippen MR) is 224 cm³/mol. The first-order valence-electron chi connectivity index (χ1n) is 21.4. The number of hydrogen-bond donors (Lipinski definition) is 2. The third kappa shape index (κ3) is 8.42. The number of piperidine rings is 4. The van der Waals surface area contributed by atoms with E-state index in [-0.39, 0.29) is 36.1 Å². The molecule has 15 nitrogen and oxygen atoms in total. The van der Waals surface area contributed by atoms with Crippen molar-refractivity contribution < 1.29 is 27.6 Å². The van der Waals surface area contributed by atoms with Crippen molar-refractivity contribution in [2.75, 3.05) is 78.9 Å². The van der Waals surface area contributed by atoms with Crippen LogP contribution in [-0.2, 0) is 20.6 Å². The molecule has 5 saturated heterocycles. The van der Waals surface area contributed by atoms with Crippen molar-refractivity contribution in [2.24, 2.45) is 17.3 Å². The number of nitrogens with one attached hydrogen (secondary N) is 2. The van der Waals surface area contributed by atoms with Gasteiger partial charge in [0.1, 0.15) is 17.4 Å². The van der Waals surface area contributed by atoms with Crippen LogP contribution < -0.4 is 30.9 Å². The van der Waals surface area contributed by atoms with Crippen molar-refractivity contribution in [1.29, 1.82) is 5.26 Å². The Balaban J connectivity index is 0.700. The van der Waals surface area contributed by atoms with Crippen molar-refractivity contribution >= 4 is 51.5 Å². The monoisotopic (exact) mass is 851 g/mol. The number of pyridine rings is 1. The summed E-state index contributed by atoms with van der Waals surface area (Å²) in [5.41, 5.74) is 1.41. The van der Waals surface area contributed by atoms with Gasteiger partial charge in [-0.2, -0.15) is 23.1 Å². The minimum atomic E-state index is -4.62. The Labute approximate surface area is 355 Å². The van der Waals surface area contributed by atoms with Gasteiger partial charge in [-0.3, -0.25) is 24.5 Å². The minimum Gasteiger partial charge on any atom is -0.371 e. The van der Waals surface area contributed by atoms with Crippen LogP contribution in [0.3, 0.4) is 0 Å². The van der Waals surface area contributed by atoms with E-state index >= 15 is 0 Å². The number of fused-ring (bicyclic) bond motifs is 1. The molecule has 4 aromatic rings. The summed E-state index contributed by atoms with van der Waals surface area (Å²) < 4.78 is 41.6. The molecule has 5 aliphatic heterocycles. The molecular weight excluding hydrogens is 804 g/mol. The third-order valence-electron chi connectivity index (χ3n) is 13.6. The molecule has 324 valence electrons. The minimum absolute atomic E-state index is 0.148. The lowest BCUT2D eigenvalue weighted by atomic mass is 9.71. The van der Waals surface area contributed by atoms with Crippen LogP contribution in [0.1, 0.15) is 68.5 Å². The van der Waals surface area contributed by atoms with Crippen molar-refractivity contribution in [1.82, 2.24) is 30.2 Å². The molecule has 18 heteroatoms. The summed E-state index contributed by atoms with van der Waals surface area (Å²) in [4.78, 5) is 64.2. The quantitative estimate of drug-likeness (QED) is 0.234. The van der Waals surface area contributed by atoms with Crippen LogP contribution in [0.25, 0.3) is 10.9 Å². The highest BCUT2D eigenvalue weighted by Gasteiger charge is 2.45. The van der Waals surface area contributed by atoms with Gasteiger partial charge in [0.2, 0.25) is 11.8 Å². The molecular formula is C44H48F3N11O4. The maximum absolute atomic E-state index is 13.5. The number of hydrogen-bond acceptors (Lipinski definition) is 12. The molecule has 7 heterocycles. The fourth-order valence-corrected chi connectivity index (χ4v) is 10.0. The molecule has 2 aromatic heterocycles. The number of benzene rings is 2. The Kier molecular flexibility index (Phi) is 11.1. The molecule has 0 radical (unpaired) electrons. The molecule has 3 amide bonds. The molecule has 1 spiro atoms. The molecule has 62 heavy (non-hydrogen) atoms. The second-order valence-electron chi connectivity index (χ2n) is 17.6. The average Bonchev–Trinajstić information content (AvgIpc) is 3.26. The fraction of sp³-hybridized carbons (Fsp3) is 0.500. The van der Waals surface area contributed by atoms with Crippen molar-refractivity contribution in [3.05, 3.63) is 76.2 Å². The standard InChI is InChI=1S/C44H48F3N11O4/c45-44(46,47)35-22-32(2-1-30(35)23-48)55-17-11-29(12-18-55)40(60)50-38-7-4-33(24-49-38)56-15-9-28(10-16-56)25-54-26-43(27-54)13-19-57(20-14-43)31-3-5-36-34(21-31)42(62)58(53-52-36)37-6-8-39(59)51-41(37)61/h1-5,7,21-22,24,28-29,37H,6,8-20,25-27H2,(H,49,50,60)(H,51,59,61). The Morgan fingerprint density at radius 2 is 1.52 bits per heavy atom. The van der Waals surface area contributed by atoms with Gasteiger partial charge in [0.25, 0.3) is 11.5 Å². The molecule has 5 fully saturated rings. The number of aromatic nitrogens is 4. The summed E-state index contributed by atoms with van der Waals surface area (Å²) in [6.07, 6.45) is 2.85. The highest BCUT2D eigenvalue weighted by molar-refractivity contribution is 5.99. The van der Waals surface area contributed by atoms with Crippen LogP contribution >= 0.6 is 0 Å². The van der Waals surface area contributed by atoms with E-state index in [0.717, 1.165) is 93.6 Å². The van der Waals surface area contributed by atoms with Crippen LogP contribution in [0.4, 0.5) is 36.1 Å². The van der Waals surface area contributed by atoms with Gasteiger partial charge in [-0.15, -0.1) is 5.10 Å². The van der Waals surface area contributed by atoms with Gasteiger partial charge in [0.05, 0.1) is 34.5 Å². The zero-order valence-electron chi connectivity index (χ0n) is 34.2. The summed E-state index contributed by atoms with van der Waals surface area (Å²) in [6, 6.07) is 14.0. The van der Waals surface area contributed by atoms with E-state index in [1.807, 2.05) is 29.2 Å². The number of halogens is 3. The molecule has 1 unspecified atom stereocenters. The maximum atomic E-state index is 13.5. The predicted octanol–water partition coefficient (Wildman–Crippen LogP) is 4.73. The van der Waals surface area contributed by atoms with Gasteiger partial charge in [-0.05, 0) is 105 Å². The number of imide groups is 1. The second kappa shape index (κ2) is 16.6. The summed E-state index contributed by atoms with van der Waals surface area (Å²) in [7, 11) is 0. The maximum Gasteiger partial charge on any atom is 0.417 e. The summed E-state index contributed by atoms with van der Waals surface area (Å²) in [6.45, 7) is 7.80. The van der Waals surface area contributed by atoms with Crippen molar-refractivity contribution in [3.8, 4) is 6.07 Å². The van der Waals surface area contributed by atoms with E-state index in [1.165, 1.54) is 12.1 Å². The summed E-state index contributed by atoms with van der Waals surface area (Å²) >= 11 is 0. The zero-order valence-corrected chi connectivity index (χ0v) is 34.2. The molecule has 0 saturated carbocycles. The van der Waals surface area contributed by atoms with Crippen LogP contribution in [0.15, 0.2) is 59.5 Å². The van der Waals surface area contributed by atoms with E-state index in [0.29, 0.717) is 59.7 Å². The van der Waals surface area contributed by atoms with Gasteiger partial charge in [0, 0.05) is 82.6 Å². The van der Waals surface area contributed by atoms with Crippen LogP contribution in [0.2, 0.25) is 0 Å². The van der Waals surface area contributed by atoms with E-state index in [9.17, 15) is 32.3 Å². The highest BCUT2D eigenvalue weighted by atomic mass is 19.4. The molecule has 2 N–H and O–H groups in total. The smallest absolute Gasteiger partial charge is 0.371 e. The number of anilines is 4. The normalized spacial score (nSPS) is 21.5. The number of rotatable bonds is 8. The average molecular weight is 852 g/mol. The van der Waals surface area contributed by atoms with E-state index in [1.54, 1.807) is 18.3 Å². The largest absolute Gasteiger partial charge is 0.417 e. The number of nitriles is 1. The van der Waals surface area contributed by atoms with Crippen LogP contribution in [0.5, 0.6) is 0 Å². The molecule has 0 bridgehead atoms. The highest BCUT2D eigenvalue weighted by Crippen LogP contribution is 2.42. The molecule has 5 aliphatic rings. The first-order valence-corrected chi connectivity index (χ1v) is 21.4. The molecule has 0 aliphatic carbocycles. The Morgan fingerprint density at radius 3 is 2.19 bits per heavy atom. The Morgan fingerprint density at radius 1 is 0.855 bits per heavy atom. The SMILES string of the molecule is N#Cc1ccc(N2CCC(C(=O)Nc3ccc(N4CCC(CN5CC6(CCN(c7ccc8nnn(C9CCC(=O)NC9=O)c(=O)c8c7)CC6)C5)CC4)cn3)CC2)cc1C(F)(F)F. The number of alkyl halides is 3. The second-order valence-corrected chi connectivity index (χ2v) is 17.6. The zero-order chi connectivity index (χ0) is 43.2.